The monoisotopic (exact) mass is 326 g/mol. The summed E-state index contributed by atoms with van der Waals surface area (Å²) in [5, 5.41) is 6.74. The summed E-state index contributed by atoms with van der Waals surface area (Å²) in [5.41, 5.74) is 1.33. The first-order valence-corrected chi connectivity index (χ1v) is 7.34. The van der Waals surface area contributed by atoms with Gasteiger partial charge in [-0.15, -0.1) is 0 Å². The van der Waals surface area contributed by atoms with Crippen molar-refractivity contribution in [2.45, 2.75) is 0 Å². The Bertz CT molecular complexity index is 804. The lowest BCUT2D eigenvalue weighted by molar-refractivity contribution is 0.0946. The first-order chi connectivity index (χ1) is 11.7. The summed E-state index contributed by atoms with van der Waals surface area (Å²) >= 11 is 0. The van der Waals surface area contributed by atoms with Gasteiger partial charge in [0.05, 0.1) is 12.2 Å². The van der Waals surface area contributed by atoms with E-state index in [9.17, 15) is 9.18 Å². The molecule has 1 amide bonds. The Morgan fingerprint density at radius 3 is 2.67 bits per heavy atom. The molecule has 0 saturated heterocycles. The summed E-state index contributed by atoms with van der Waals surface area (Å²) in [6.45, 7) is 0.460. The highest BCUT2D eigenvalue weighted by molar-refractivity contribution is 5.94. The second-order valence-corrected chi connectivity index (χ2v) is 4.92. The highest BCUT2D eigenvalue weighted by atomic mass is 19.1. The van der Waals surface area contributed by atoms with Crippen molar-refractivity contribution in [2.75, 3.05) is 13.2 Å². The number of rotatable bonds is 6. The maximum absolute atomic E-state index is 13.4. The molecule has 0 fully saturated rings. The van der Waals surface area contributed by atoms with E-state index >= 15 is 0 Å². The minimum Gasteiger partial charge on any atom is -0.489 e. The summed E-state index contributed by atoms with van der Waals surface area (Å²) < 4.78 is 20.3. The molecule has 1 aromatic heterocycles. The Kier molecular flexibility index (Phi) is 4.81. The zero-order valence-corrected chi connectivity index (χ0v) is 12.7. The average Bonchev–Trinajstić information content (AvgIpc) is 3.15. The van der Waals surface area contributed by atoms with Crippen molar-refractivity contribution < 1.29 is 13.9 Å². The number of hydrogen-bond donors (Lipinski definition) is 1. The third-order valence-electron chi connectivity index (χ3n) is 3.29. The van der Waals surface area contributed by atoms with E-state index < -0.39 is 5.82 Å². The van der Waals surface area contributed by atoms with Gasteiger partial charge >= 0.3 is 0 Å². The van der Waals surface area contributed by atoms with Gasteiger partial charge < -0.3 is 10.1 Å². The van der Waals surface area contributed by atoms with Gasteiger partial charge in [-0.25, -0.2) is 14.1 Å². The van der Waals surface area contributed by atoms with Crippen molar-refractivity contribution in [1.29, 1.82) is 0 Å². The van der Waals surface area contributed by atoms with Crippen LogP contribution in [0.1, 0.15) is 10.4 Å². The molecule has 0 aliphatic carbocycles. The SMILES string of the molecule is O=C(NCCOc1ccccc1F)c1ccc(-n2cncn2)cc1. The minimum atomic E-state index is -0.424. The van der Waals surface area contributed by atoms with Crippen LogP contribution in [0.3, 0.4) is 0 Å². The second kappa shape index (κ2) is 7.36. The molecule has 0 radical (unpaired) electrons. The molecule has 24 heavy (non-hydrogen) atoms. The lowest BCUT2D eigenvalue weighted by Gasteiger charge is -2.09. The molecular formula is C17H15FN4O2. The standard InChI is InChI=1S/C17H15FN4O2/c18-15-3-1-2-4-16(15)24-10-9-20-17(23)13-5-7-14(8-6-13)22-12-19-11-21-22/h1-8,11-12H,9-10H2,(H,20,23). The van der Waals surface area contributed by atoms with Gasteiger partial charge in [0.1, 0.15) is 19.3 Å². The largest absolute Gasteiger partial charge is 0.489 e. The fraction of sp³-hybridized carbons (Fsp3) is 0.118. The smallest absolute Gasteiger partial charge is 0.251 e. The summed E-state index contributed by atoms with van der Waals surface area (Å²) in [6, 6.07) is 13.1. The summed E-state index contributed by atoms with van der Waals surface area (Å²) in [5.74, 6) is -0.478. The van der Waals surface area contributed by atoms with E-state index in [1.54, 1.807) is 53.5 Å². The molecule has 0 saturated carbocycles. The van der Waals surface area contributed by atoms with Crippen molar-refractivity contribution >= 4 is 5.91 Å². The summed E-state index contributed by atoms with van der Waals surface area (Å²) in [7, 11) is 0. The molecule has 1 N–H and O–H groups in total. The molecule has 0 bridgehead atoms. The van der Waals surface area contributed by atoms with Gasteiger partial charge in [0.25, 0.3) is 5.91 Å². The Morgan fingerprint density at radius 1 is 1.17 bits per heavy atom. The molecule has 2 aromatic carbocycles. The Hall–Kier alpha value is -3.22. The number of halogens is 1. The molecule has 0 aliphatic heterocycles. The van der Waals surface area contributed by atoms with Crippen molar-refractivity contribution in [3.63, 3.8) is 0 Å². The number of nitrogens with one attached hydrogen (secondary N) is 1. The van der Waals surface area contributed by atoms with Crippen LogP contribution < -0.4 is 10.1 Å². The van der Waals surface area contributed by atoms with Crippen LogP contribution >= 0.6 is 0 Å². The van der Waals surface area contributed by atoms with Gasteiger partial charge in [0, 0.05) is 5.56 Å². The van der Waals surface area contributed by atoms with Gasteiger partial charge in [0.2, 0.25) is 0 Å². The number of nitrogens with zero attached hydrogens (tertiary/aromatic N) is 3. The number of aromatic nitrogens is 3. The molecule has 3 aromatic rings. The van der Waals surface area contributed by atoms with Crippen LogP contribution in [0.2, 0.25) is 0 Å². The maximum Gasteiger partial charge on any atom is 0.251 e. The third kappa shape index (κ3) is 3.75. The Labute approximate surface area is 137 Å². The van der Waals surface area contributed by atoms with E-state index in [1.807, 2.05) is 0 Å². The predicted molar refractivity (Wildman–Crippen MR) is 85.6 cm³/mol. The van der Waals surface area contributed by atoms with Gasteiger partial charge in [-0.05, 0) is 36.4 Å². The fourth-order valence-corrected chi connectivity index (χ4v) is 2.10. The zero-order chi connectivity index (χ0) is 16.8. The normalized spacial score (nSPS) is 10.4. The lowest BCUT2D eigenvalue weighted by Crippen LogP contribution is -2.28. The molecular weight excluding hydrogens is 311 g/mol. The highest BCUT2D eigenvalue weighted by Crippen LogP contribution is 2.14. The number of amides is 1. The zero-order valence-electron chi connectivity index (χ0n) is 12.7. The number of carbonyl (C=O) groups is 1. The second-order valence-electron chi connectivity index (χ2n) is 4.92. The van der Waals surface area contributed by atoms with Crippen LogP contribution in [0.25, 0.3) is 5.69 Å². The van der Waals surface area contributed by atoms with Gasteiger partial charge in [-0.2, -0.15) is 5.10 Å². The van der Waals surface area contributed by atoms with E-state index in [2.05, 4.69) is 15.4 Å². The van der Waals surface area contributed by atoms with E-state index in [-0.39, 0.29) is 24.8 Å². The van der Waals surface area contributed by atoms with Crippen molar-refractivity contribution in [2.24, 2.45) is 0 Å². The molecule has 122 valence electrons. The van der Waals surface area contributed by atoms with E-state index in [0.29, 0.717) is 5.56 Å². The van der Waals surface area contributed by atoms with Crippen molar-refractivity contribution in [3.8, 4) is 11.4 Å². The topological polar surface area (TPSA) is 69.0 Å². The van der Waals surface area contributed by atoms with Crippen LogP contribution in [0, 0.1) is 5.82 Å². The number of benzene rings is 2. The minimum absolute atomic E-state index is 0.170. The molecule has 0 atom stereocenters. The molecule has 0 spiro atoms. The molecule has 7 heteroatoms. The maximum atomic E-state index is 13.4. The summed E-state index contributed by atoms with van der Waals surface area (Å²) in [6.07, 6.45) is 3.02. The lowest BCUT2D eigenvalue weighted by atomic mass is 10.2. The predicted octanol–water partition coefficient (Wildman–Crippen LogP) is 2.22. The Balaban J connectivity index is 1.49. The quantitative estimate of drug-likeness (QED) is 0.705. The number of carbonyl (C=O) groups excluding carboxylic acids is 1. The third-order valence-corrected chi connectivity index (χ3v) is 3.29. The first-order valence-electron chi connectivity index (χ1n) is 7.34. The van der Waals surface area contributed by atoms with Gasteiger partial charge in [-0.3, -0.25) is 4.79 Å². The van der Waals surface area contributed by atoms with Crippen molar-refractivity contribution in [1.82, 2.24) is 20.1 Å². The molecule has 1 heterocycles. The van der Waals surface area contributed by atoms with Gasteiger partial charge in [-0.1, -0.05) is 12.1 Å². The molecule has 6 nitrogen and oxygen atoms in total. The van der Waals surface area contributed by atoms with Crippen molar-refractivity contribution in [3.05, 3.63) is 72.6 Å². The Morgan fingerprint density at radius 2 is 1.96 bits per heavy atom. The first kappa shape index (κ1) is 15.7. The molecule has 0 unspecified atom stereocenters. The van der Waals surface area contributed by atoms with Crippen LogP contribution in [0.4, 0.5) is 4.39 Å². The fourth-order valence-electron chi connectivity index (χ4n) is 2.10. The summed E-state index contributed by atoms with van der Waals surface area (Å²) in [4.78, 5) is 15.9. The van der Waals surface area contributed by atoms with Crippen LogP contribution in [0.15, 0.2) is 61.2 Å². The van der Waals surface area contributed by atoms with E-state index in [0.717, 1.165) is 5.69 Å². The molecule has 3 rings (SSSR count). The van der Waals surface area contributed by atoms with Crippen LogP contribution in [0.5, 0.6) is 5.75 Å². The van der Waals surface area contributed by atoms with E-state index in [1.165, 1.54) is 12.4 Å². The number of para-hydroxylation sites is 1. The van der Waals surface area contributed by atoms with E-state index in [4.69, 9.17) is 4.74 Å². The van der Waals surface area contributed by atoms with Gasteiger partial charge in [0.15, 0.2) is 11.6 Å². The number of hydrogen-bond acceptors (Lipinski definition) is 4. The average molecular weight is 326 g/mol. The number of ether oxygens (including phenoxy) is 1. The van der Waals surface area contributed by atoms with Crippen LogP contribution in [-0.2, 0) is 0 Å². The molecule has 0 aliphatic rings. The highest BCUT2D eigenvalue weighted by Gasteiger charge is 2.06. The van der Waals surface area contributed by atoms with Crippen LogP contribution in [-0.4, -0.2) is 33.8 Å².